The molecule has 0 aromatic heterocycles. The molecule has 22 heavy (non-hydrogen) atoms. The second-order valence-electron chi connectivity index (χ2n) is 4.43. The van der Waals surface area contributed by atoms with Gasteiger partial charge in [-0.1, -0.05) is 13.0 Å². The average molecular weight is 308 g/mol. The quantitative estimate of drug-likeness (QED) is 0.682. The van der Waals surface area contributed by atoms with Crippen molar-refractivity contribution >= 4 is 17.8 Å². The Morgan fingerprint density at radius 3 is 2.64 bits per heavy atom. The Morgan fingerprint density at radius 1 is 1.18 bits per heavy atom. The molecule has 0 heterocycles. The van der Waals surface area contributed by atoms with E-state index in [0.29, 0.717) is 17.9 Å². The van der Waals surface area contributed by atoms with Crippen molar-refractivity contribution in [2.45, 2.75) is 13.3 Å². The van der Waals surface area contributed by atoms with Crippen molar-refractivity contribution in [3.8, 4) is 5.75 Å². The summed E-state index contributed by atoms with van der Waals surface area (Å²) < 4.78 is 9.75. The molecule has 7 heteroatoms. The molecule has 1 aromatic carbocycles. The van der Waals surface area contributed by atoms with Crippen LogP contribution in [0, 0.1) is 0 Å². The number of nitrogens with one attached hydrogen (secondary N) is 2. The van der Waals surface area contributed by atoms with Crippen LogP contribution >= 0.6 is 0 Å². The molecule has 7 nitrogen and oxygen atoms in total. The molecule has 0 spiro atoms. The minimum Gasteiger partial charge on any atom is -0.497 e. The fourth-order valence-electron chi connectivity index (χ4n) is 1.53. The first-order chi connectivity index (χ1) is 10.6. The number of carbonyl (C=O) groups is 3. The van der Waals surface area contributed by atoms with Gasteiger partial charge in [0.25, 0.3) is 11.8 Å². The summed E-state index contributed by atoms with van der Waals surface area (Å²) in [6.45, 7) is 1.79. The van der Waals surface area contributed by atoms with Crippen LogP contribution in [0.1, 0.15) is 23.7 Å². The number of hydrogen-bond acceptors (Lipinski definition) is 5. The van der Waals surface area contributed by atoms with Gasteiger partial charge in [0.2, 0.25) is 0 Å². The molecule has 120 valence electrons. The van der Waals surface area contributed by atoms with E-state index in [4.69, 9.17) is 9.47 Å². The lowest BCUT2D eigenvalue weighted by Crippen LogP contribution is -2.34. The Hall–Kier alpha value is -2.57. The van der Waals surface area contributed by atoms with Crippen molar-refractivity contribution in [3.63, 3.8) is 0 Å². The lowest BCUT2D eigenvalue weighted by Gasteiger charge is -2.07. The molecule has 0 aliphatic rings. The Labute approximate surface area is 129 Å². The smallest absolute Gasteiger partial charge is 0.325 e. The monoisotopic (exact) mass is 308 g/mol. The van der Waals surface area contributed by atoms with Gasteiger partial charge in [-0.2, -0.15) is 0 Å². The molecule has 0 aliphatic carbocycles. The number of methoxy groups -OCH3 is 1. The van der Waals surface area contributed by atoms with E-state index in [1.54, 1.807) is 24.3 Å². The zero-order chi connectivity index (χ0) is 16.4. The van der Waals surface area contributed by atoms with Crippen LogP contribution in [0.3, 0.4) is 0 Å². The topological polar surface area (TPSA) is 93.7 Å². The predicted octanol–water partition coefficient (Wildman–Crippen LogP) is 0.494. The van der Waals surface area contributed by atoms with E-state index in [0.717, 1.165) is 6.42 Å². The van der Waals surface area contributed by atoms with Gasteiger partial charge < -0.3 is 20.1 Å². The lowest BCUT2D eigenvalue weighted by atomic mass is 10.2. The first-order valence-corrected chi connectivity index (χ1v) is 6.91. The Morgan fingerprint density at radius 2 is 1.95 bits per heavy atom. The average Bonchev–Trinajstić information content (AvgIpc) is 2.55. The van der Waals surface area contributed by atoms with E-state index in [1.165, 1.54) is 7.11 Å². The number of esters is 1. The van der Waals surface area contributed by atoms with Crippen molar-refractivity contribution in [1.82, 2.24) is 10.6 Å². The number of rotatable bonds is 8. The maximum atomic E-state index is 11.8. The highest BCUT2D eigenvalue weighted by Crippen LogP contribution is 2.12. The Balaban J connectivity index is 2.34. The van der Waals surface area contributed by atoms with E-state index in [2.05, 4.69) is 10.6 Å². The molecule has 0 unspecified atom stereocenters. The highest BCUT2D eigenvalue weighted by atomic mass is 16.5. The molecule has 0 saturated heterocycles. The zero-order valence-corrected chi connectivity index (χ0v) is 12.7. The van der Waals surface area contributed by atoms with Gasteiger partial charge in [-0.15, -0.1) is 0 Å². The molecule has 0 saturated carbocycles. The van der Waals surface area contributed by atoms with Gasteiger partial charge in [-0.05, 0) is 24.6 Å². The minimum atomic E-state index is -0.678. The lowest BCUT2D eigenvalue weighted by molar-refractivity contribution is -0.147. The van der Waals surface area contributed by atoms with E-state index in [1.807, 2.05) is 6.92 Å². The second-order valence-corrected chi connectivity index (χ2v) is 4.43. The fourth-order valence-corrected chi connectivity index (χ4v) is 1.53. The van der Waals surface area contributed by atoms with Crippen LogP contribution in [0.5, 0.6) is 5.75 Å². The number of hydrogen-bond donors (Lipinski definition) is 2. The number of ether oxygens (including phenoxy) is 2. The molecular weight excluding hydrogens is 288 g/mol. The van der Waals surface area contributed by atoms with E-state index in [9.17, 15) is 14.4 Å². The largest absolute Gasteiger partial charge is 0.497 e. The van der Waals surface area contributed by atoms with Crippen LogP contribution in [-0.4, -0.2) is 44.6 Å². The van der Waals surface area contributed by atoms with Crippen LogP contribution in [0.4, 0.5) is 0 Å². The molecule has 0 aliphatic heterocycles. The third-order valence-electron chi connectivity index (χ3n) is 2.66. The molecule has 0 fully saturated rings. The molecule has 0 atom stereocenters. The maximum Gasteiger partial charge on any atom is 0.325 e. The van der Waals surface area contributed by atoms with Crippen molar-refractivity contribution in [3.05, 3.63) is 29.8 Å². The first-order valence-electron chi connectivity index (χ1n) is 6.91. The normalized spacial score (nSPS) is 9.73. The number of carbonyl (C=O) groups excluding carboxylic acids is 3. The summed E-state index contributed by atoms with van der Waals surface area (Å²) in [5.41, 5.74) is 0.368. The van der Waals surface area contributed by atoms with E-state index >= 15 is 0 Å². The summed E-state index contributed by atoms with van der Waals surface area (Å²) in [7, 11) is 1.50. The van der Waals surface area contributed by atoms with Crippen LogP contribution in [-0.2, 0) is 14.3 Å². The molecule has 2 amide bonds. The van der Waals surface area contributed by atoms with Gasteiger partial charge in [0, 0.05) is 12.1 Å². The van der Waals surface area contributed by atoms with Crippen molar-refractivity contribution in [2.24, 2.45) is 0 Å². The zero-order valence-electron chi connectivity index (χ0n) is 12.7. The van der Waals surface area contributed by atoms with Crippen molar-refractivity contribution in [2.75, 3.05) is 26.8 Å². The fraction of sp³-hybridized carbons (Fsp3) is 0.400. The minimum absolute atomic E-state index is 0.308. The van der Waals surface area contributed by atoms with E-state index in [-0.39, 0.29) is 19.1 Å². The van der Waals surface area contributed by atoms with Crippen molar-refractivity contribution in [1.29, 1.82) is 0 Å². The van der Waals surface area contributed by atoms with Gasteiger partial charge in [0.1, 0.15) is 12.3 Å². The predicted molar refractivity (Wildman–Crippen MR) is 79.6 cm³/mol. The van der Waals surface area contributed by atoms with Gasteiger partial charge in [0.15, 0.2) is 6.61 Å². The SMILES string of the molecule is CCCNC(=O)COC(=O)CNC(=O)c1cccc(OC)c1. The number of benzene rings is 1. The van der Waals surface area contributed by atoms with E-state index < -0.39 is 11.9 Å². The van der Waals surface area contributed by atoms with Crippen LogP contribution in [0.2, 0.25) is 0 Å². The summed E-state index contributed by atoms with van der Waals surface area (Å²) in [4.78, 5) is 34.5. The molecule has 0 bridgehead atoms. The molecular formula is C15H20N2O5. The van der Waals surface area contributed by atoms with Gasteiger partial charge in [-0.25, -0.2) is 0 Å². The van der Waals surface area contributed by atoms with Gasteiger partial charge in [0.05, 0.1) is 7.11 Å². The van der Waals surface area contributed by atoms with Crippen LogP contribution in [0.15, 0.2) is 24.3 Å². The molecule has 0 radical (unpaired) electrons. The summed E-state index contributed by atoms with van der Waals surface area (Å²) in [6.07, 6.45) is 0.802. The Bertz CT molecular complexity index is 530. The third kappa shape index (κ3) is 6.25. The van der Waals surface area contributed by atoms with Crippen LogP contribution in [0.25, 0.3) is 0 Å². The highest BCUT2D eigenvalue weighted by molar-refractivity contribution is 5.96. The molecule has 2 N–H and O–H groups in total. The van der Waals surface area contributed by atoms with Gasteiger partial charge in [-0.3, -0.25) is 14.4 Å². The summed E-state index contributed by atoms with van der Waals surface area (Å²) >= 11 is 0. The number of amides is 2. The standard InChI is InChI=1S/C15H20N2O5/c1-3-7-16-13(18)10-22-14(19)9-17-15(20)11-5-4-6-12(8-11)21-2/h4-6,8H,3,7,9-10H2,1-2H3,(H,16,18)(H,17,20). The summed E-state index contributed by atoms with van der Waals surface area (Å²) in [6, 6.07) is 6.53. The molecule has 1 aromatic rings. The Kier molecular flexibility index (Phi) is 7.45. The second kappa shape index (κ2) is 9.38. The highest BCUT2D eigenvalue weighted by Gasteiger charge is 2.11. The maximum absolute atomic E-state index is 11.8. The third-order valence-corrected chi connectivity index (χ3v) is 2.66. The molecule has 1 rings (SSSR count). The van der Waals surface area contributed by atoms with Crippen LogP contribution < -0.4 is 15.4 Å². The van der Waals surface area contributed by atoms with Gasteiger partial charge >= 0.3 is 5.97 Å². The first kappa shape index (κ1) is 17.5. The summed E-state index contributed by atoms with van der Waals surface area (Å²) in [5.74, 6) is -0.925. The van der Waals surface area contributed by atoms with Crippen molar-refractivity contribution < 1.29 is 23.9 Å². The summed E-state index contributed by atoms with van der Waals surface area (Å²) in [5, 5.41) is 4.99.